The maximum Gasteiger partial charge on any atom is 0.183 e. The maximum absolute atomic E-state index is 5.30. The Balaban J connectivity index is 2.40. The third kappa shape index (κ3) is 1.35. The molecule has 0 aliphatic carbocycles. The molecule has 0 aliphatic heterocycles. The highest BCUT2D eigenvalue weighted by Crippen LogP contribution is 2.16. The van der Waals surface area contributed by atoms with E-state index in [4.69, 9.17) is 12.2 Å². The highest BCUT2D eigenvalue weighted by molar-refractivity contribution is 7.71. The predicted octanol–water partition coefficient (Wildman–Crippen LogP) is 3.08. The Bertz CT molecular complexity index is 682. The Hall–Kier alpha value is -1.94. The second-order valence-electron chi connectivity index (χ2n) is 3.48. The zero-order valence-corrected chi connectivity index (χ0v) is 9.24. The van der Waals surface area contributed by atoms with E-state index in [9.17, 15) is 0 Å². The van der Waals surface area contributed by atoms with Crippen LogP contribution in [0.3, 0.4) is 0 Å². The number of fused-ring (bicyclic) bond motifs is 1. The lowest BCUT2D eigenvalue weighted by Crippen LogP contribution is -1.94. The molecule has 0 saturated heterocycles. The van der Waals surface area contributed by atoms with E-state index in [0.29, 0.717) is 4.77 Å². The Labute approximate surface area is 97.4 Å². The lowest BCUT2D eigenvalue weighted by molar-refractivity contribution is 1.04. The summed E-state index contributed by atoms with van der Waals surface area (Å²) in [5.74, 6) is 0. The third-order valence-electron chi connectivity index (χ3n) is 2.46. The Morgan fingerprint density at radius 3 is 2.69 bits per heavy atom. The van der Waals surface area contributed by atoms with Crippen LogP contribution in [0.15, 0.2) is 48.7 Å². The van der Waals surface area contributed by atoms with Crippen molar-refractivity contribution in [1.29, 1.82) is 0 Å². The largest absolute Gasteiger partial charge is 0.329 e. The summed E-state index contributed by atoms with van der Waals surface area (Å²) >= 11 is 5.30. The van der Waals surface area contributed by atoms with E-state index in [-0.39, 0.29) is 0 Å². The molecule has 78 valence electrons. The van der Waals surface area contributed by atoms with Gasteiger partial charge in [-0.2, -0.15) is 0 Å². The van der Waals surface area contributed by atoms with Crippen LogP contribution in [-0.4, -0.2) is 14.5 Å². The van der Waals surface area contributed by atoms with Gasteiger partial charge in [-0.1, -0.05) is 18.2 Å². The fraction of sp³-hybridized carbons (Fsp3) is 0. The van der Waals surface area contributed by atoms with Crippen LogP contribution in [0.2, 0.25) is 0 Å². The predicted molar refractivity (Wildman–Crippen MR) is 66.3 cm³/mol. The van der Waals surface area contributed by atoms with Crippen molar-refractivity contribution >= 4 is 23.4 Å². The summed E-state index contributed by atoms with van der Waals surface area (Å²) in [7, 11) is 0. The van der Waals surface area contributed by atoms with Gasteiger partial charge in [0.2, 0.25) is 0 Å². The SMILES string of the molecule is S=c1[nH]c2cccnc2n1-c1ccccc1. The molecule has 16 heavy (non-hydrogen) atoms. The van der Waals surface area contributed by atoms with E-state index in [0.717, 1.165) is 16.9 Å². The fourth-order valence-electron chi connectivity index (χ4n) is 1.76. The number of hydrogen-bond acceptors (Lipinski definition) is 2. The minimum atomic E-state index is 0.667. The topological polar surface area (TPSA) is 33.6 Å². The van der Waals surface area contributed by atoms with Crippen molar-refractivity contribution in [2.24, 2.45) is 0 Å². The molecule has 0 bridgehead atoms. The van der Waals surface area contributed by atoms with Crippen molar-refractivity contribution in [3.05, 3.63) is 53.4 Å². The van der Waals surface area contributed by atoms with E-state index in [1.54, 1.807) is 6.20 Å². The first-order valence-electron chi connectivity index (χ1n) is 4.97. The van der Waals surface area contributed by atoms with E-state index in [2.05, 4.69) is 9.97 Å². The van der Waals surface area contributed by atoms with Gasteiger partial charge in [0.25, 0.3) is 0 Å². The molecule has 0 spiro atoms. The molecule has 0 amide bonds. The first-order valence-corrected chi connectivity index (χ1v) is 5.38. The van der Waals surface area contributed by atoms with Crippen LogP contribution in [0.4, 0.5) is 0 Å². The molecule has 0 fully saturated rings. The monoisotopic (exact) mass is 227 g/mol. The van der Waals surface area contributed by atoms with Gasteiger partial charge in [-0.05, 0) is 36.5 Å². The molecule has 0 unspecified atom stereocenters. The number of aromatic amines is 1. The lowest BCUT2D eigenvalue weighted by Gasteiger charge is -2.02. The van der Waals surface area contributed by atoms with Crippen LogP contribution in [0.1, 0.15) is 0 Å². The fourth-order valence-corrected chi connectivity index (χ4v) is 2.06. The highest BCUT2D eigenvalue weighted by Gasteiger charge is 2.05. The summed E-state index contributed by atoms with van der Waals surface area (Å²) in [5.41, 5.74) is 2.84. The molecule has 3 aromatic rings. The number of rotatable bonds is 1. The van der Waals surface area contributed by atoms with Crippen molar-refractivity contribution in [3.63, 3.8) is 0 Å². The van der Waals surface area contributed by atoms with Gasteiger partial charge in [0.15, 0.2) is 10.4 Å². The van der Waals surface area contributed by atoms with Crippen LogP contribution < -0.4 is 0 Å². The zero-order valence-electron chi connectivity index (χ0n) is 8.42. The molecule has 0 saturated carbocycles. The van der Waals surface area contributed by atoms with Gasteiger partial charge in [0.1, 0.15) is 0 Å². The van der Waals surface area contributed by atoms with Crippen LogP contribution in [-0.2, 0) is 0 Å². The second-order valence-corrected chi connectivity index (χ2v) is 3.86. The average molecular weight is 227 g/mol. The number of benzene rings is 1. The van der Waals surface area contributed by atoms with Crippen LogP contribution >= 0.6 is 12.2 Å². The molecule has 1 aromatic carbocycles. The smallest absolute Gasteiger partial charge is 0.183 e. The zero-order chi connectivity index (χ0) is 11.0. The normalized spacial score (nSPS) is 10.8. The molecular weight excluding hydrogens is 218 g/mol. The van der Waals surface area contributed by atoms with Crippen LogP contribution in [0.25, 0.3) is 16.9 Å². The number of pyridine rings is 1. The van der Waals surface area contributed by atoms with Gasteiger partial charge in [-0.15, -0.1) is 0 Å². The number of hydrogen-bond donors (Lipinski definition) is 1. The summed E-state index contributed by atoms with van der Waals surface area (Å²) in [6.45, 7) is 0. The van der Waals surface area contributed by atoms with Crippen molar-refractivity contribution in [3.8, 4) is 5.69 Å². The van der Waals surface area contributed by atoms with E-state index in [1.165, 1.54) is 0 Å². The Morgan fingerprint density at radius 1 is 1.06 bits per heavy atom. The number of aromatic nitrogens is 3. The van der Waals surface area contributed by atoms with Gasteiger partial charge in [-0.25, -0.2) is 4.98 Å². The molecule has 0 atom stereocenters. The third-order valence-corrected chi connectivity index (χ3v) is 2.74. The molecule has 0 radical (unpaired) electrons. The molecule has 4 heteroatoms. The first kappa shape index (κ1) is 9.30. The van der Waals surface area contributed by atoms with Crippen molar-refractivity contribution in [1.82, 2.24) is 14.5 Å². The minimum absolute atomic E-state index is 0.667. The van der Waals surface area contributed by atoms with Gasteiger partial charge in [0, 0.05) is 11.9 Å². The summed E-state index contributed by atoms with van der Waals surface area (Å²) in [5, 5.41) is 0. The highest BCUT2D eigenvalue weighted by atomic mass is 32.1. The summed E-state index contributed by atoms with van der Waals surface area (Å²) in [6.07, 6.45) is 1.77. The van der Waals surface area contributed by atoms with Crippen LogP contribution in [0.5, 0.6) is 0 Å². The molecule has 3 rings (SSSR count). The van der Waals surface area contributed by atoms with E-state index in [1.807, 2.05) is 47.0 Å². The average Bonchev–Trinajstić information content (AvgIpc) is 2.66. The molecular formula is C12H9N3S. The van der Waals surface area contributed by atoms with E-state index >= 15 is 0 Å². The van der Waals surface area contributed by atoms with Gasteiger partial charge >= 0.3 is 0 Å². The van der Waals surface area contributed by atoms with Gasteiger partial charge in [-0.3, -0.25) is 4.57 Å². The molecule has 1 N–H and O–H groups in total. The van der Waals surface area contributed by atoms with Crippen molar-refractivity contribution in [2.75, 3.05) is 0 Å². The second kappa shape index (κ2) is 3.57. The molecule has 3 nitrogen and oxygen atoms in total. The standard InChI is InChI=1S/C12H9N3S/c16-12-14-10-7-4-8-13-11(10)15(12)9-5-2-1-3-6-9/h1-8H,(H,14,16). The quantitative estimate of drug-likeness (QED) is 0.648. The number of imidazole rings is 1. The summed E-state index contributed by atoms with van der Waals surface area (Å²) in [4.78, 5) is 7.48. The first-order chi connectivity index (χ1) is 7.86. The van der Waals surface area contributed by atoms with Gasteiger partial charge in [0.05, 0.1) is 5.52 Å². The summed E-state index contributed by atoms with van der Waals surface area (Å²) in [6, 6.07) is 13.8. The lowest BCUT2D eigenvalue weighted by atomic mass is 10.3. The molecule has 2 heterocycles. The van der Waals surface area contributed by atoms with E-state index < -0.39 is 0 Å². The van der Waals surface area contributed by atoms with Crippen molar-refractivity contribution < 1.29 is 0 Å². The number of nitrogens with one attached hydrogen (secondary N) is 1. The Kier molecular flexibility index (Phi) is 2.08. The Morgan fingerprint density at radius 2 is 1.88 bits per heavy atom. The van der Waals surface area contributed by atoms with Crippen molar-refractivity contribution in [2.45, 2.75) is 0 Å². The van der Waals surface area contributed by atoms with Gasteiger partial charge < -0.3 is 4.98 Å². The maximum atomic E-state index is 5.30. The minimum Gasteiger partial charge on any atom is -0.329 e. The number of H-pyrrole nitrogens is 1. The molecule has 0 aliphatic rings. The molecule has 2 aromatic heterocycles. The summed E-state index contributed by atoms with van der Waals surface area (Å²) < 4.78 is 2.60. The number of nitrogens with zero attached hydrogens (tertiary/aromatic N) is 2. The van der Waals surface area contributed by atoms with Crippen LogP contribution in [0, 0.1) is 4.77 Å². The number of para-hydroxylation sites is 1.